The molecule has 1 saturated carbocycles. The van der Waals surface area contributed by atoms with Crippen LogP contribution >= 0.6 is 0 Å². The van der Waals surface area contributed by atoms with Gasteiger partial charge < -0.3 is 0 Å². The van der Waals surface area contributed by atoms with Gasteiger partial charge in [0.1, 0.15) is 0 Å². The molecule has 0 aliphatic heterocycles. The molecule has 0 aromatic carbocycles. The minimum Gasteiger partial charge on any atom is -0.0950 e. The van der Waals surface area contributed by atoms with Gasteiger partial charge in [0.25, 0.3) is 0 Å². The Balaban J connectivity index is 2.50. The highest BCUT2D eigenvalue weighted by Gasteiger charge is 2.36. The van der Waals surface area contributed by atoms with Crippen molar-refractivity contribution in [3.05, 3.63) is 47.9 Å². The van der Waals surface area contributed by atoms with Crippen LogP contribution in [0.1, 0.15) is 12.8 Å². The zero-order valence-electron chi connectivity index (χ0n) is 13.5. The molecule has 1 aliphatic rings. The highest BCUT2D eigenvalue weighted by Crippen LogP contribution is 2.48. The normalized spacial score (nSPS) is 20.3. The molecular formula is C17H30Si2. The first-order valence-corrected chi connectivity index (χ1v) is 14.5. The molecule has 0 atom stereocenters. The summed E-state index contributed by atoms with van der Waals surface area (Å²) in [5.41, 5.74) is 5.16. The summed E-state index contributed by atoms with van der Waals surface area (Å²) in [4.78, 5) is 0. The van der Waals surface area contributed by atoms with Gasteiger partial charge in [-0.05, 0) is 12.8 Å². The third-order valence-electron chi connectivity index (χ3n) is 3.10. The maximum absolute atomic E-state index is 2.40. The third-order valence-corrected chi connectivity index (χ3v) is 5.48. The van der Waals surface area contributed by atoms with E-state index in [2.05, 4.69) is 87.1 Å². The first-order chi connectivity index (χ1) is 8.62. The summed E-state index contributed by atoms with van der Waals surface area (Å²) < 4.78 is 0. The number of hydrogen-bond donors (Lipinski definition) is 0. The summed E-state index contributed by atoms with van der Waals surface area (Å²) in [6.45, 7) is 14.2. The first kappa shape index (κ1) is 16.4. The molecule has 0 aromatic rings. The number of allylic oxidation sites excluding steroid dienone is 6. The molecule has 0 nitrogen and oxygen atoms in total. The second-order valence-electron chi connectivity index (χ2n) is 7.90. The molecule has 0 heterocycles. The van der Waals surface area contributed by atoms with Gasteiger partial charge in [-0.15, -0.1) is 0 Å². The number of rotatable bonds is 6. The quantitative estimate of drug-likeness (QED) is 0.432. The predicted molar refractivity (Wildman–Crippen MR) is 94.9 cm³/mol. The van der Waals surface area contributed by atoms with Gasteiger partial charge in [-0.2, -0.15) is 0 Å². The van der Waals surface area contributed by atoms with E-state index in [1.54, 1.807) is 0 Å². The van der Waals surface area contributed by atoms with E-state index in [1.807, 2.05) is 0 Å². The highest BCUT2D eigenvalue weighted by molar-refractivity contribution is 6.81. The Morgan fingerprint density at radius 2 is 1.00 bits per heavy atom. The Kier molecular flexibility index (Phi) is 5.39. The van der Waals surface area contributed by atoms with Crippen LogP contribution in [0.3, 0.4) is 0 Å². The SMILES string of the molecule is C[Si](C)(C)C=CC=CC1(C=CC=C[Si](C)(C)C)CC1. The van der Waals surface area contributed by atoms with Gasteiger partial charge in [0.2, 0.25) is 0 Å². The molecule has 2 heteroatoms. The minimum absolute atomic E-state index is 0.369. The van der Waals surface area contributed by atoms with Gasteiger partial charge >= 0.3 is 0 Å². The second-order valence-corrected chi connectivity index (χ2v) is 18.0. The average Bonchev–Trinajstić information content (AvgIpc) is 2.98. The van der Waals surface area contributed by atoms with Gasteiger partial charge in [-0.1, -0.05) is 87.1 Å². The molecule has 19 heavy (non-hydrogen) atoms. The molecular weight excluding hydrogens is 260 g/mol. The molecule has 0 radical (unpaired) electrons. The smallest absolute Gasteiger partial charge is 0.0686 e. The maximum Gasteiger partial charge on any atom is 0.0686 e. The lowest BCUT2D eigenvalue weighted by Gasteiger charge is -2.07. The summed E-state index contributed by atoms with van der Waals surface area (Å²) in [5, 5.41) is 0. The second kappa shape index (κ2) is 6.23. The monoisotopic (exact) mass is 290 g/mol. The van der Waals surface area contributed by atoms with Crippen molar-refractivity contribution in [2.24, 2.45) is 5.41 Å². The summed E-state index contributed by atoms with van der Waals surface area (Å²) in [6, 6.07) is 0. The highest BCUT2D eigenvalue weighted by atomic mass is 28.3. The zero-order chi connectivity index (χ0) is 14.6. The van der Waals surface area contributed by atoms with Gasteiger partial charge in [0.15, 0.2) is 0 Å². The van der Waals surface area contributed by atoms with E-state index in [-0.39, 0.29) is 0 Å². The number of hydrogen-bond acceptors (Lipinski definition) is 0. The zero-order valence-corrected chi connectivity index (χ0v) is 15.5. The van der Waals surface area contributed by atoms with Gasteiger partial charge in [-0.3, -0.25) is 0 Å². The van der Waals surface area contributed by atoms with Crippen LogP contribution in [0.15, 0.2) is 47.9 Å². The van der Waals surface area contributed by atoms with E-state index in [1.165, 1.54) is 12.8 Å². The van der Waals surface area contributed by atoms with E-state index < -0.39 is 16.1 Å². The van der Waals surface area contributed by atoms with E-state index in [0.29, 0.717) is 5.41 Å². The third kappa shape index (κ3) is 8.22. The van der Waals surface area contributed by atoms with Crippen LogP contribution in [0, 0.1) is 5.41 Å². The summed E-state index contributed by atoms with van der Waals surface area (Å²) in [5.74, 6) is 0. The van der Waals surface area contributed by atoms with Crippen molar-refractivity contribution in [3.8, 4) is 0 Å². The molecule has 0 unspecified atom stereocenters. The first-order valence-electron chi connectivity index (χ1n) is 7.36. The summed E-state index contributed by atoms with van der Waals surface area (Å²) >= 11 is 0. The van der Waals surface area contributed by atoms with Crippen molar-refractivity contribution >= 4 is 16.1 Å². The van der Waals surface area contributed by atoms with E-state index in [0.717, 1.165) is 0 Å². The lowest BCUT2D eigenvalue weighted by molar-refractivity contribution is 0.857. The van der Waals surface area contributed by atoms with Crippen molar-refractivity contribution < 1.29 is 0 Å². The average molecular weight is 291 g/mol. The minimum atomic E-state index is -1.04. The van der Waals surface area contributed by atoms with Crippen LogP contribution in [0.4, 0.5) is 0 Å². The topological polar surface area (TPSA) is 0 Å². The predicted octanol–water partition coefficient (Wildman–Crippen LogP) is 5.75. The van der Waals surface area contributed by atoms with Crippen LogP contribution in [0.25, 0.3) is 0 Å². The van der Waals surface area contributed by atoms with Gasteiger partial charge in [0.05, 0.1) is 16.1 Å². The van der Waals surface area contributed by atoms with Crippen molar-refractivity contribution in [1.82, 2.24) is 0 Å². The Bertz CT molecular complexity index is 358. The van der Waals surface area contributed by atoms with E-state index in [4.69, 9.17) is 0 Å². The lowest BCUT2D eigenvalue weighted by atomic mass is 10.1. The van der Waals surface area contributed by atoms with Crippen LogP contribution in [-0.4, -0.2) is 16.1 Å². The Morgan fingerprint density at radius 3 is 1.26 bits per heavy atom. The Morgan fingerprint density at radius 1 is 0.632 bits per heavy atom. The van der Waals surface area contributed by atoms with Crippen LogP contribution < -0.4 is 0 Å². The van der Waals surface area contributed by atoms with Crippen molar-refractivity contribution in [2.45, 2.75) is 52.1 Å². The summed E-state index contributed by atoms with van der Waals surface area (Å²) in [7, 11) is -2.08. The fraction of sp³-hybridized carbons (Fsp3) is 0.529. The fourth-order valence-corrected chi connectivity index (χ4v) is 3.09. The summed E-state index contributed by atoms with van der Waals surface area (Å²) in [6.07, 6.45) is 16.4. The molecule has 0 aromatic heterocycles. The molecule has 0 N–H and O–H groups in total. The molecule has 1 fully saturated rings. The Hall–Kier alpha value is -0.606. The molecule has 0 saturated heterocycles. The van der Waals surface area contributed by atoms with Gasteiger partial charge in [0, 0.05) is 5.41 Å². The molecule has 1 aliphatic carbocycles. The fourth-order valence-electron chi connectivity index (χ4n) is 1.72. The van der Waals surface area contributed by atoms with Crippen LogP contribution in [-0.2, 0) is 0 Å². The largest absolute Gasteiger partial charge is 0.0950 e. The van der Waals surface area contributed by atoms with Crippen LogP contribution in [0.2, 0.25) is 39.3 Å². The van der Waals surface area contributed by atoms with Crippen molar-refractivity contribution in [2.75, 3.05) is 0 Å². The molecule has 0 spiro atoms. The van der Waals surface area contributed by atoms with Crippen molar-refractivity contribution in [3.63, 3.8) is 0 Å². The standard InChI is InChI=1S/C17H30Si2/c1-18(2,3)15-9-7-11-17(13-14-17)12-8-10-16-19(4,5)6/h7-12,15-16H,13-14H2,1-6H3. The lowest BCUT2D eigenvalue weighted by Crippen LogP contribution is -2.15. The van der Waals surface area contributed by atoms with E-state index in [9.17, 15) is 0 Å². The maximum atomic E-state index is 2.40. The van der Waals surface area contributed by atoms with Gasteiger partial charge in [-0.25, -0.2) is 0 Å². The molecule has 0 amide bonds. The van der Waals surface area contributed by atoms with Crippen LogP contribution in [0.5, 0.6) is 0 Å². The molecule has 1 rings (SSSR count). The molecule has 0 bridgehead atoms. The van der Waals surface area contributed by atoms with Crippen molar-refractivity contribution in [1.29, 1.82) is 0 Å². The molecule has 106 valence electrons. The Labute approximate surface area is 122 Å². The van der Waals surface area contributed by atoms with E-state index >= 15 is 0 Å².